The van der Waals surface area contributed by atoms with Crippen LogP contribution in [0.5, 0.6) is 0 Å². The van der Waals surface area contributed by atoms with Gasteiger partial charge in [-0.15, -0.1) is 0 Å². The number of ether oxygens (including phenoxy) is 1. The molecule has 14 heavy (non-hydrogen) atoms. The summed E-state index contributed by atoms with van der Waals surface area (Å²) in [6.45, 7) is 5.82. The lowest BCUT2D eigenvalue weighted by Crippen LogP contribution is -2.05. The molecule has 0 aromatic heterocycles. The fraction of sp³-hybridized carbons (Fsp3) is 0.182. The maximum Gasteiger partial charge on any atom is 0.338 e. The quantitative estimate of drug-likeness (QED) is 0.592. The Kier molecular flexibility index (Phi) is 5.26. The number of hydrogen-bond acceptors (Lipinski definition) is 3. The molecule has 76 valence electrons. The molecule has 0 amide bonds. The van der Waals surface area contributed by atoms with Gasteiger partial charge in [-0.25, -0.2) is 4.79 Å². The first-order valence-electron chi connectivity index (χ1n) is 4.17. The van der Waals surface area contributed by atoms with Gasteiger partial charge < -0.3 is 10.9 Å². The van der Waals surface area contributed by atoms with Crippen molar-refractivity contribution in [1.82, 2.24) is 6.15 Å². The molecule has 0 fully saturated rings. The smallest absolute Gasteiger partial charge is 0.338 e. The van der Waals surface area contributed by atoms with E-state index in [1.807, 2.05) is 30.3 Å². The Morgan fingerprint density at radius 3 is 2.43 bits per heavy atom. The van der Waals surface area contributed by atoms with Crippen LogP contribution in [0.25, 0.3) is 5.57 Å². The molecule has 0 radical (unpaired) electrons. The van der Waals surface area contributed by atoms with Crippen molar-refractivity contribution in [3.8, 4) is 0 Å². The molecule has 3 N–H and O–H groups in total. The Morgan fingerprint density at radius 2 is 1.93 bits per heavy atom. The van der Waals surface area contributed by atoms with Gasteiger partial charge in [-0.1, -0.05) is 36.9 Å². The van der Waals surface area contributed by atoms with E-state index in [1.165, 1.54) is 0 Å². The first kappa shape index (κ1) is 12.4. The van der Waals surface area contributed by atoms with Crippen LogP contribution in [0.3, 0.4) is 0 Å². The molecule has 0 saturated heterocycles. The number of benzene rings is 1. The van der Waals surface area contributed by atoms with Crippen LogP contribution in [0.2, 0.25) is 0 Å². The first-order valence-corrected chi connectivity index (χ1v) is 4.17. The monoisotopic (exact) mass is 193 g/mol. The molecule has 0 unspecified atom stereocenters. The summed E-state index contributed by atoms with van der Waals surface area (Å²) in [7, 11) is 0. The SMILES string of the molecule is C=C(C(=O)OCC)c1ccccc1.N. The van der Waals surface area contributed by atoms with E-state index in [2.05, 4.69) is 6.58 Å². The highest BCUT2D eigenvalue weighted by Gasteiger charge is 2.08. The summed E-state index contributed by atoms with van der Waals surface area (Å²) in [6, 6.07) is 9.28. The predicted octanol–water partition coefficient (Wildman–Crippen LogP) is 2.42. The zero-order valence-electron chi connectivity index (χ0n) is 8.32. The molecule has 1 aromatic carbocycles. The standard InChI is InChI=1S/C11H12O2.H3N/c1-3-13-11(12)9(2)10-7-5-4-6-8-10;/h4-8H,2-3H2,1H3;1H3. The van der Waals surface area contributed by atoms with Crippen molar-refractivity contribution in [2.24, 2.45) is 0 Å². The van der Waals surface area contributed by atoms with Gasteiger partial charge in [-0.05, 0) is 12.5 Å². The fourth-order valence-corrected chi connectivity index (χ4v) is 0.975. The first-order chi connectivity index (χ1) is 6.25. The van der Waals surface area contributed by atoms with Crippen LogP contribution in [0.4, 0.5) is 0 Å². The highest BCUT2D eigenvalue weighted by Crippen LogP contribution is 2.12. The molecule has 0 aliphatic rings. The van der Waals surface area contributed by atoms with Gasteiger partial charge in [0.25, 0.3) is 0 Å². The minimum Gasteiger partial charge on any atom is -0.462 e. The van der Waals surface area contributed by atoms with Gasteiger partial charge in [-0.3, -0.25) is 0 Å². The van der Waals surface area contributed by atoms with E-state index in [-0.39, 0.29) is 12.1 Å². The molecule has 0 heterocycles. The van der Waals surface area contributed by atoms with Gasteiger partial charge >= 0.3 is 5.97 Å². The molecule has 0 saturated carbocycles. The van der Waals surface area contributed by atoms with Crippen LogP contribution in [0.1, 0.15) is 12.5 Å². The molecule has 1 rings (SSSR count). The number of carbonyl (C=O) groups is 1. The van der Waals surface area contributed by atoms with E-state index in [1.54, 1.807) is 6.92 Å². The van der Waals surface area contributed by atoms with Gasteiger partial charge in [0, 0.05) is 0 Å². The summed E-state index contributed by atoms with van der Waals surface area (Å²) in [6.07, 6.45) is 0. The Hall–Kier alpha value is -1.61. The van der Waals surface area contributed by atoms with Crippen molar-refractivity contribution >= 4 is 11.5 Å². The van der Waals surface area contributed by atoms with Crippen LogP contribution in [0, 0.1) is 0 Å². The summed E-state index contributed by atoms with van der Waals surface area (Å²) in [5.41, 5.74) is 1.21. The van der Waals surface area contributed by atoms with Crippen molar-refractivity contribution in [3.05, 3.63) is 42.5 Å². The van der Waals surface area contributed by atoms with Gasteiger partial charge in [-0.2, -0.15) is 0 Å². The molecular formula is C11H15NO2. The van der Waals surface area contributed by atoms with Crippen molar-refractivity contribution in [2.75, 3.05) is 6.61 Å². The van der Waals surface area contributed by atoms with Crippen molar-refractivity contribution in [2.45, 2.75) is 6.92 Å². The Balaban J connectivity index is 0.00000169. The number of esters is 1. The third kappa shape index (κ3) is 3.03. The lowest BCUT2D eigenvalue weighted by molar-refractivity contribution is -0.136. The number of hydrogen-bond donors (Lipinski definition) is 1. The molecule has 3 heteroatoms. The molecule has 0 spiro atoms. The minimum absolute atomic E-state index is 0. The summed E-state index contributed by atoms with van der Waals surface area (Å²) >= 11 is 0. The Bertz CT molecular complexity index is 306. The fourth-order valence-electron chi connectivity index (χ4n) is 0.975. The second-order valence-corrected chi connectivity index (χ2v) is 2.57. The average Bonchev–Trinajstić information content (AvgIpc) is 2.18. The third-order valence-electron chi connectivity index (χ3n) is 1.64. The molecule has 0 aliphatic carbocycles. The van der Waals surface area contributed by atoms with Crippen LogP contribution >= 0.6 is 0 Å². The summed E-state index contributed by atoms with van der Waals surface area (Å²) in [5.74, 6) is -0.353. The summed E-state index contributed by atoms with van der Waals surface area (Å²) in [4.78, 5) is 11.2. The van der Waals surface area contributed by atoms with Gasteiger partial charge in [0.2, 0.25) is 0 Å². The van der Waals surface area contributed by atoms with E-state index in [0.29, 0.717) is 12.2 Å². The molecule has 1 aromatic rings. The third-order valence-corrected chi connectivity index (χ3v) is 1.64. The number of carbonyl (C=O) groups excluding carboxylic acids is 1. The highest BCUT2D eigenvalue weighted by molar-refractivity contribution is 6.15. The van der Waals surface area contributed by atoms with E-state index >= 15 is 0 Å². The molecule has 0 aliphatic heterocycles. The van der Waals surface area contributed by atoms with Crippen molar-refractivity contribution in [3.63, 3.8) is 0 Å². The van der Waals surface area contributed by atoms with Crippen LogP contribution < -0.4 is 6.15 Å². The van der Waals surface area contributed by atoms with Crippen LogP contribution in [0.15, 0.2) is 36.9 Å². The Morgan fingerprint density at radius 1 is 1.36 bits per heavy atom. The lowest BCUT2D eigenvalue weighted by Gasteiger charge is -2.04. The van der Waals surface area contributed by atoms with E-state index < -0.39 is 0 Å². The normalized spacial score (nSPS) is 8.64. The second kappa shape index (κ2) is 5.94. The lowest BCUT2D eigenvalue weighted by atomic mass is 10.1. The van der Waals surface area contributed by atoms with Gasteiger partial charge in [0.1, 0.15) is 0 Å². The molecule has 0 atom stereocenters. The maximum atomic E-state index is 11.2. The zero-order chi connectivity index (χ0) is 9.68. The van der Waals surface area contributed by atoms with E-state index in [9.17, 15) is 4.79 Å². The molecule has 3 nitrogen and oxygen atoms in total. The Labute approximate surface area is 84.0 Å². The highest BCUT2D eigenvalue weighted by atomic mass is 16.5. The van der Waals surface area contributed by atoms with E-state index in [0.717, 1.165) is 5.56 Å². The largest absolute Gasteiger partial charge is 0.462 e. The molecule has 0 bridgehead atoms. The molecular weight excluding hydrogens is 178 g/mol. The van der Waals surface area contributed by atoms with Gasteiger partial charge in [0.15, 0.2) is 0 Å². The topological polar surface area (TPSA) is 61.3 Å². The summed E-state index contributed by atoms with van der Waals surface area (Å²) < 4.78 is 4.82. The van der Waals surface area contributed by atoms with Gasteiger partial charge in [0.05, 0.1) is 12.2 Å². The second-order valence-electron chi connectivity index (χ2n) is 2.57. The minimum atomic E-state index is -0.353. The number of rotatable bonds is 3. The van der Waals surface area contributed by atoms with Crippen LogP contribution in [-0.4, -0.2) is 12.6 Å². The van der Waals surface area contributed by atoms with Crippen LogP contribution in [-0.2, 0) is 9.53 Å². The average molecular weight is 193 g/mol. The summed E-state index contributed by atoms with van der Waals surface area (Å²) in [5, 5.41) is 0. The van der Waals surface area contributed by atoms with E-state index in [4.69, 9.17) is 4.74 Å². The predicted molar refractivity (Wildman–Crippen MR) is 57.1 cm³/mol. The maximum absolute atomic E-state index is 11.2. The van der Waals surface area contributed by atoms with Crippen molar-refractivity contribution in [1.29, 1.82) is 0 Å². The zero-order valence-corrected chi connectivity index (χ0v) is 8.32. The van der Waals surface area contributed by atoms with Crippen molar-refractivity contribution < 1.29 is 9.53 Å².